The Kier molecular flexibility index (Phi) is 17.6. The van der Waals surface area contributed by atoms with Crippen molar-refractivity contribution in [3.63, 3.8) is 0 Å². The first-order chi connectivity index (χ1) is 17.1. The van der Waals surface area contributed by atoms with Crippen molar-refractivity contribution in [1.82, 2.24) is 0 Å². The molecule has 0 heterocycles. The summed E-state index contributed by atoms with van der Waals surface area (Å²) in [7, 11) is 3.87. The minimum absolute atomic E-state index is 0. The Bertz CT molecular complexity index is 826. The Labute approximate surface area is 239 Å². The first-order valence-electron chi connectivity index (χ1n) is 13.9. The summed E-state index contributed by atoms with van der Waals surface area (Å²) in [5, 5.41) is 1.70. The predicted octanol–water partition coefficient (Wildman–Crippen LogP) is 10.5. The molecule has 2 fully saturated rings. The average Bonchev–Trinajstić information content (AvgIpc) is 2.88. The molecule has 0 N–H and O–H groups in total. The van der Waals surface area contributed by atoms with E-state index in [2.05, 4.69) is 105 Å². The van der Waals surface area contributed by atoms with Crippen LogP contribution in [-0.4, -0.2) is 17.4 Å². The summed E-state index contributed by atoms with van der Waals surface area (Å²) in [6.07, 6.45) is 16.0. The minimum atomic E-state index is -0.617. The van der Waals surface area contributed by atoms with Crippen LogP contribution in [0.2, 0.25) is 0 Å². The van der Waals surface area contributed by atoms with Crippen molar-refractivity contribution in [2.45, 2.75) is 123 Å². The number of ether oxygens (including phenoxy) is 1. The van der Waals surface area contributed by atoms with Gasteiger partial charge in [-0.25, -0.2) is 0 Å². The van der Waals surface area contributed by atoms with Crippen LogP contribution >= 0.6 is 17.5 Å². The molecule has 0 unspecified atom stereocenters. The Balaban J connectivity index is 0.00000101. The van der Waals surface area contributed by atoms with Gasteiger partial charge in [0.15, 0.2) is 0 Å². The maximum atomic E-state index is 6.32. The normalized spacial score (nSPS) is 16.4. The Morgan fingerprint density at radius 2 is 1.33 bits per heavy atom. The van der Waals surface area contributed by atoms with Gasteiger partial charge in [0.2, 0.25) is 0 Å². The molecule has 1 nitrogen and oxygen atoms in total. The molecule has 0 spiro atoms. The molecule has 0 bridgehead atoms. The van der Waals surface area contributed by atoms with Crippen molar-refractivity contribution < 1.29 is 22.9 Å². The van der Waals surface area contributed by atoms with Crippen LogP contribution < -0.4 is 10.0 Å². The van der Waals surface area contributed by atoms with Crippen LogP contribution in [0.3, 0.4) is 0 Å². The molecule has 0 amide bonds. The van der Waals surface area contributed by atoms with Gasteiger partial charge in [0, 0.05) is 19.0 Å². The summed E-state index contributed by atoms with van der Waals surface area (Å²) >= 11 is 2.22. The van der Waals surface area contributed by atoms with E-state index in [0.29, 0.717) is 0 Å². The van der Waals surface area contributed by atoms with Gasteiger partial charge in [-0.15, -0.1) is 0 Å². The molecule has 206 valence electrons. The summed E-state index contributed by atoms with van der Waals surface area (Å²) in [5.41, 5.74) is 6.06. The van der Waals surface area contributed by atoms with Crippen LogP contribution in [0.1, 0.15) is 104 Å². The van der Waals surface area contributed by atoms with Crippen molar-refractivity contribution in [1.29, 1.82) is 0 Å². The third-order valence-corrected chi connectivity index (χ3v) is 11.2. The van der Waals surface area contributed by atoms with E-state index in [1.54, 1.807) is 5.30 Å². The van der Waals surface area contributed by atoms with Crippen molar-refractivity contribution in [2.24, 2.45) is 0 Å². The van der Waals surface area contributed by atoms with E-state index in [-0.39, 0.29) is 13.5 Å². The van der Waals surface area contributed by atoms with Gasteiger partial charge in [-0.2, -0.15) is 0 Å². The van der Waals surface area contributed by atoms with E-state index in [1.807, 2.05) is 0 Å². The fourth-order valence-corrected chi connectivity index (χ4v) is 10.3. The molecule has 0 radical (unpaired) electrons. The van der Waals surface area contributed by atoms with Gasteiger partial charge in [0.1, 0.15) is 5.75 Å². The zero-order valence-corrected chi connectivity index (χ0v) is 27.0. The predicted molar refractivity (Wildman–Crippen MR) is 162 cm³/mol. The summed E-state index contributed by atoms with van der Waals surface area (Å²) in [4.78, 5) is 0. The molecule has 4 rings (SSSR count). The zero-order valence-electron chi connectivity index (χ0n) is 23.7. The first-order valence-corrected chi connectivity index (χ1v) is 17.6. The average molecular weight is 625 g/mol. The van der Waals surface area contributed by atoms with Gasteiger partial charge < -0.3 is 12.2 Å². The van der Waals surface area contributed by atoms with Gasteiger partial charge in [0.25, 0.3) is 0 Å². The fourth-order valence-electron chi connectivity index (χ4n) is 5.89. The van der Waals surface area contributed by atoms with Gasteiger partial charge in [-0.3, -0.25) is 0 Å². The molecule has 2 saturated carbocycles. The van der Waals surface area contributed by atoms with Gasteiger partial charge >= 0.3 is 27.7 Å². The Hall–Kier alpha value is -0.378. The zero-order chi connectivity index (χ0) is 25.6. The van der Waals surface area contributed by atoms with Crippen molar-refractivity contribution in [2.75, 3.05) is 0 Å². The number of hydrogen-bond donors (Lipinski definition) is 0. The number of rotatable bonds is 6. The van der Waals surface area contributed by atoms with Crippen LogP contribution in [0, 0.1) is 14.4 Å². The van der Waals surface area contributed by atoms with Gasteiger partial charge in [-0.05, 0) is 89.8 Å². The second-order valence-electron chi connectivity index (χ2n) is 10.5. The molecule has 2 aromatic rings. The molecular formula is C32H51ClOPPd+. The van der Waals surface area contributed by atoms with E-state index in [0.717, 1.165) is 17.1 Å². The molecule has 2 aliphatic rings. The molecule has 4 heteroatoms. The molecule has 0 aliphatic heterocycles. The number of benzene rings is 2. The SMILES string of the molecule is CCC.Cc1cccc(OC(C)C)c1-c1ccccc1[PH+](C1CCCCC1)C1CCCCC1.[CH3-].[Cl][Pd+]. The molecule has 0 atom stereocenters. The van der Waals surface area contributed by atoms with Crippen molar-refractivity contribution in [3.8, 4) is 16.9 Å². The van der Waals surface area contributed by atoms with E-state index < -0.39 is 7.92 Å². The third kappa shape index (κ3) is 9.74. The van der Waals surface area contributed by atoms with Gasteiger partial charge in [0.05, 0.1) is 22.7 Å². The second kappa shape index (κ2) is 18.8. The molecular weight excluding hydrogens is 573 g/mol. The Morgan fingerprint density at radius 3 is 1.83 bits per heavy atom. The van der Waals surface area contributed by atoms with E-state index in [9.17, 15) is 0 Å². The molecule has 2 aliphatic carbocycles. The fraction of sp³-hybridized carbons (Fsp3) is 0.594. The van der Waals surface area contributed by atoms with E-state index in [4.69, 9.17) is 4.74 Å². The first kappa shape index (κ1) is 33.7. The summed E-state index contributed by atoms with van der Waals surface area (Å²) in [6, 6.07) is 16.0. The summed E-state index contributed by atoms with van der Waals surface area (Å²) in [6.45, 7) is 10.8. The van der Waals surface area contributed by atoms with Crippen LogP contribution in [0.15, 0.2) is 42.5 Å². The van der Waals surface area contributed by atoms with Gasteiger partial charge in [-0.1, -0.05) is 63.4 Å². The molecule has 0 saturated heterocycles. The number of aryl methyl sites for hydroxylation is 1. The van der Waals surface area contributed by atoms with Crippen LogP contribution in [-0.2, 0) is 18.2 Å². The maximum absolute atomic E-state index is 6.32. The van der Waals surface area contributed by atoms with Crippen molar-refractivity contribution >= 4 is 22.8 Å². The monoisotopic (exact) mass is 623 g/mol. The molecule has 0 aromatic heterocycles. The quantitative estimate of drug-likeness (QED) is 0.177. The topological polar surface area (TPSA) is 9.23 Å². The Morgan fingerprint density at radius 1 is 0.833 bits per heavy atom. The molecule has 2 aromatic carbocycles. The molecule has 36 heavy (non-hydrogen) atoms. The van der Waals surface area contributed by atoms with E-state index in [1.165, 1.54) is 87.3 Å². The van der Waals surface area contributed by atoms with E-state index >= 15 is 0 Å². The second-order valence-corrected chi connectivity index (χ2v) is 13.6. The summed E-state index contributed by atoms with van der Waals surface area (Å²) < 4.78 is 6.32. The standard InChI is InChI=1S/C28H39OP.C3H8.CH3.ClH.Pd/c1-21(2)29-26-19-12-13-22(3)28(26)25-18-10-11-20-27(25)30(23-14-6-4-7-15-23)24-16-8-5-9-17-24;1-3-2;;;/h10-13,18-21,23-24H,4-9,14-17H2,1-3H3;3H2,1-2H3;1H3;1H;/q;;-1;;+2. The third-order valence-electron chi connectivity index (χ3n) is 7.19. The summed E-state index contributed by atoms with van der Waals surface area (Å²) in [5.74, 6) is 1.06. The number of hydrogen-bond acceptors (Lipinski definition) is 1. The van der Waals surface area contributed by atoms with Crippen LogP contribution in [0.4, 0.5) is 0 Å². The van der Waals surface area contributed by atoms with Crippen LogP contribution in [0.5, 0.6) is 5.75 Å². The number of halogens is 1. The van der Waals surface area contributed by atoms with Crippen LogP contribution in [0.25, 0.3) is 11.1 Å². The van der Waals surface area contributed by atoms with Crippen molar-refractivity contribution in [3.05, 3.63) is 55.5 Å².